The fourth-order valence-electron chi connectivity index (χ4n) is 1.62. The number of primary amides is 1. The minimum absolute atomic E-state index is 0.0133. The van der Waals surface area contributed by atoms with Crippen molar-refractivity contribution in [2.24, 2.45) is 12.8 Å². The van der Waals surface area contributed by atoms with E-state index in [1.54, 1.807) is 23.7 Å². The number of amides is 1. The van der Waals surface area contributed by atoms with E-state index in [0.717, 1.165) is 5.69 Å². The highest BCUT2D eigenvalue weighted by Gasteiger charge is 2.12. The van der Waals surface area contributed by atoms with Crippen LogP contribution >= 0.6 is 0 Å². The molecule has 0 fully saturated rings. The summed E-state index contributed by atoms with van der Waals surface area (Å²) in [5.74, 6) is -0.719. The summed E-state index contributed by atoms with van der Waals surface area (Å²) >= 11 is 0. The van der Waals surface area contributed by atoms with Crippen molar-refractivity contribution in [3.63, 3.8) is 0 Å². The van der Waals surface area contributed by atoms with Gasteiger partial charge in [-0.05, 0) is 19.1 Å². The summed E-state index contributed by atoms with van der Waals surface area (Å²) in [4.78, 5) is 27.2. The Morgan fingerprint density at radius 1 is 1.44 bits per heavy atom. The summed E-state index contributed by atoms with van der Waals surface area (Å²) < 4.78 is 1.63. The van der Waals surface area contributed by atoms with Crippen molar-refractivity contribution in [1.29, 1.82) is 0 Å². The number of aromatic nitrogens is 2. The lowest BCUT2D eigenvalue weighted by Gasteiger charge is -2.06. The number of aryl methyl sites for hydroxylation is 2. The van der Waals surface area contributed by atoms with Crippen molar-refractivity contribution in [3.05, 3.63) is 39.8 Å². The Bertz CT molecular complexity index is 643. The number of nitrogens with two attached hydrogens (primary N) is 1. The molecule has 2 N–H and O–H groups in total. The first-order valence-corrected chi connectivity index (χ1v) is 4.77. The van der Waals surface area contributed by atoms with Crippen molar-refractivity contribution in [2.75, 3.05) is 0 Å². The molecular weight excluding hydrogens is 206 g/mol. The van der Waals surface area contributed by atoms with Gasteiger partial charge < -0.3 is 10.3 Å². The molecule has 0 bridgehead atoms. The Morgan fingerprint density at radius 2 is 2.12 bits per heavy atom. The molecule has 0 aromatic carbocycles. The minimum Gasteiger partial charge on any atom is -0.365 e. The van der Waals surface area contributed by atoms with Gasteiger partial charge in [-0.1, -0.05) is 0 Å². The molecule has 0 saturated heterocycles. The predicted octanol–water partition coefficient (Wildman–Crippen LogP) is 0.341. The molecule has 0 atom stereocenters. The first-order valence-electron chi connectivity index (χ1n) is 4.77. The summed E-state index contributed by atoms with van der Waals surface area (Å²) in [6, 6.07) is 3.39. The van der Waals surface area contributed by atoms with E-state index in [0.29, 0.717) is 11.0 Å². The van der Waals surface area contributed by atoms with Crippen LogP contribution in [0, 0.1) is 6.92 Å². The fraction of sp³-hybridized carbons (Fsp3) is 0.182. The van der Waals surface area contributed by atoms with Gasteiger partial charge in [-0.3, -0.25) is 9.59 Å². The summed E-state index contributed by atoms with van der Waals surface area (Å²) in [6.45, 7) is 1.84. The van der Waals surface area contributed by atoms with Crippen molar-refractivity contribution in [2.45, 2.75) is 6.92 Å². The SMILES string of the molecule is Cc1ccc2c(=O)c(C(N)=O)cn(C)c2n1. The van der Waals surface area contributed by atoms with E-state index >= 15 is 0 Å². The third-order valence-electron chi connectivity index (χ3n) is 2.43. The number of rotatable bonds is 1. The molecular formula is C11H11N3O2. The molecule has 2 rings (SSSR count). The number of carbonyl (C=O) groups is 1. The number of fused-ring (bicyclic) bond motifs is 1. The van der Waals surface area contributed by atoms with Crippen LogP contribution in [0.3, 0.4) is 0 Å². The topological polar surface area (TPSA) is 78.0 Å². The lowest BCUT2D eigenvalue weighted by molar-refractivity contribution is 0.0999. The molecule has 2 aromatic heterocycles. The van der Waals surface area contributed by atoms with Crippen LogP contribution in [0.4, 0.5) is 0 Å². The van der Waals surface area contributed by atoms with E-state index in [9.17, 15) is 9.59 Å². The van der Waals surface area contributed by atoms with Crippen LogP contribution in [0.5, 0.6) is 0 Å². The zero-order valence-electron chi connectivity index (χ0n) is 9.02. The molecule has 0 radical (unpaired) electrons. The largest absolute Gasteiger partial charge is 0.365 e. The van der Waals surface area contributed by atoms with Crippen LogP contribution in [0.15, 0.2) is 23.1 Å². The average Bonchev–Trinajstić information content (AvgIpc) is 2.22. The average molecular weight is 217 g/mol. The normalized spacial score (nSPS) is 10.6. The molecule has 0 aliphatic rings. The van der Waals surface area contributed by atoms with Crippen molar-refractivity contribution in [1.82, 2.24) is 9.55 Å². The fourth-order valence-corrected chi connectivity index (χ4v) is 1.62. The Balaban J connectivity index is 2.96. The first-order chi connectivity index (χ1) is 7.50. The molecule has 0 saturated carbocycles. The summed E-state index contributed by atoms with van der Waals surface area (Å²) in [5.41, 5.74) is 6.12. The second kappa shape index (κ2) is 3.44. The third kappa shape index (κ3) is 1.46. The smallest absolute Gasteiger partial charge is 0.254 e. The van der Waals surface area contributed by atoms with Crippen LogP contribution in [0.2, 0.25) is 0 Å². The van der Waals surface area contributed by atoms with E-state index in [4.69, 9.17) is 5.73 Å². The van der Waals surface area contributed by atoms with Crippen LogP contribution in [0.25, 0.3) is 11.0 Å². The molecule has 5 heteroatoms. The summed E-state index contributed by atoms with van der Waals surface area (Å²) in [5, 5.41) is 0.407. The van der Waals surface area contributed by atoms with Crippen molar-refractivity contribution in [3.8, 4) is 0 Å². The van der Waals surface area contributed by atoms with Gasteiger partial charge in [0.25, 0.3) is 5.91 Å². The second-order valence-electron chi connectivity index (χ2n) is 3.67. The lowest BCUT2D eigenvalue weighted by atomic mass is 10.2. The molecule has 16 heavy (non-hydrogen) atoms. The van der Waals surface area contributed by atoms with E-state index in [1.165, 1.54) is 6.20 Å². The Labute approximate surface area is 91.5 Å². The quantitative estimate of drug-likeness (QED) is 0.748. The summed E-state index contributed by atoms with van der Waals surface area (Å²) in [6.07, 6.45) is 1.42. The van der Waals surface area contributed by atoms with Crippen LogP contribution < -0.4 is 11.2 Å². The molecule has 0 spiro atoms. The highest BCUT2D eigenvalue weighted by atomic mass is 16.2. The molecule has 1 amide bonds. The molecule has 0 aliphatic heterocycles. The van der Waals surface area contributed by atoms with Crippen molar-refractivity contribution < 1.29 is 4.79 Å². The zero-order valence-corrected chi connectivity index (χ0v) is 9.02. The highest BCUT2D eigenvalue weighted by molar-refractivity contribution is 5.95. The monoisotopic (exact) mass is 217 g/mol. The maximum Gasteiger partial charge on any atom is 0.254 e. The molecule has 0 unspecified atom stereocenters. The minimum atomic E-state index is -0.719. The van der Waals surface area contributed by atoms with Gasteiger partial charge in [0.2, 0.25) is 5.43 Å². The number of hydrogen-bond donors (Lipinski definition) is 1. The van der Waals surface area contributed by atoms with Crippen LogP contribution in [0.1, 0.15) is 16.1 Å². The second-order valence-corrected chi connectivity index (χ2v) is 3.67. The molecule has 2 aromatic rings. The first kappa shape index (κ1) is 10.4. The van der Waals surface area contributed by atoms with Gasteiger partial charge in [0, 0.05) is 18.9 Å². The molecule has 0 aliphatic carbocycles. The molecule has 82 valence electrons. The number of nitrogens with zero attached hydrogens (tertiary/aromatic N) is 2. The summed E-state index contributed by atoms with van der Waals surface area (Å²) in [7, 11) is 1.72. The zero-order chi connectivity index (χ0) is 11.9. The van der Waals surface area contributed by atoms with Gasteiger partial charge in [0.05, 0.1) is 5.39 Å². The van der Waals surface area contributed by atoms with E-state index in [2.05, 4.69) is 4.98 Å². The van der Waals surface area contributed by atoms with Crippen LogP contribution in [-0.4, -0.2) is 15.5 Å². The predicted molar refractivity (Wildman–Crippen MR) is 60.2 cm³/mol. The van der Waals surface area contributed by atoms with Crippen molar-refractivity contribution >= 4 is 16.9 Å². The number of hydrogen-bond acceptors (Lipinski definition) is 3. The number of pyridine rings is 2. The standard InChI is InChI=1S/C11H11N3O2/c1-6-3-4-7-9(15)8(10(12)16)5-14(2)11(7)13-6/h3-5H,1-2H3,(H2,12,16). The van der Waals surface area contributed by atoms with Gasteiger partial charge in [-0.15, -0.1) is 0 Å². The van der Waals surface area contributed by atoms with Crippen LogP contribution in [-0.2, 0) is 7.05 Å². The van der Waals surface area contributed by atoms with E-state index < -0.39 is 5.91 Å². The third-order valence-corrected chi connectivity index (χ3v) is 2.43. The Hall–Kier alpha value is -2.17. The highest BCUT2D eigenvalue weighted by Crippen LogP contribution is 2.08. The van der Waals surface area contributed by atoms with E-state index in [1.807, 2.05) is 6.92 Å². The van der Waals surface area contributed by atoms with E-state index in [-0.39, 0.29) is 11.0 Å². The molecule has 2 heterocycles. The molecule has 5 nitrogen and oxygen atoms in total. The maximum atomic E-state index is 11.9. The Kier molecular flexibility index (Phi) is 2.23. The number of carbonyl (C=O) groups excluding carboxylic acids is 1. The van der Waals surface area contributed by atoms with Gasteiger partial charge in [-0.2, -0.15) is 0 Å². The van der Waals surface area contributed by atoms with Gasteiger partial charge in [0.1, 0.15) is 11.2 Å². The van der Waals surface area contributed by atoms with Gasteiger partial charge in [-0.25, -0.2) is 4.98 Å². The Morgan fingerprint density at radius 3 is 2.75 bits per heavy atom. The van der Waals surface area contributed by atoms with Gasteiger partial charge in [0.15, 0.2) is 0 Å². The van der Waals surface area contributed by atoms with Gasteiger partial charge >= 0.3 is 0 Å². The lowest BCUT2D eigenvalue weighted by Crippen LogP contribution is -2.24. The maximum absolute atomic E-state index is 11.9.